The third-order valence-corrected chi connectivity index (χ3v) is 7.78. The van der Waals surface area contributed by atoms with Gasteiger partial charge in [0.15, 0.2) is 0 Å². The maximum absolute atomic E-state index is 12.5. The summed E-state index contributed by atoms with van der Waals surface area (Å²) in [5.41, 5.74) is 0.865. The Morgan fingerprint density at radius 3 is 2.33 bits per heavy atom. The summed E-state index contributed by atoms with van der Waals surface area (Å²) in [6.07, 6.45) is 0.763. The molecule has 1 amide bonds. The first-order valence-electron chi connectivity index (χ1n) is 9.80. The monoisotopic (exact) mass is 452 g/mol. The number of nitrogens with one attached hydrogen (secondary N) is 1. The molecule has 0 aliphatic carbocycles. The average Bonchev–Trinajstić information content (AvgIpc) is 3.27. The van der Waals surface area contributed by atoms with E-state index in [1.54, 1.807) is 38.1 Å². The lowest BCUT2D eigenvalue weighted by Crippen LogP contribution is -2.30. The number of carbonyl (C=O) groups is 2. The van der Waals surface area contributed by atoms with Crippen molar-refractivity contribution < 1.29 is 22.7 Å². The van der Waals surface area contributed by atoms with Crippen LogP contribution in [-0.4, -0.2) is 44.8 Å². The fourth-order valence-electron chi connectivity index (χ4n) is 3.03. The molecule has 2 aromatic rings. The Morgan fingerprint density at radius 2 is 1.80 bits per heavy atom. The van der Waals surface area contributed by atoms with Gasteiger partial charge in [-0.1, -0.05) is 32.0 Å². The zero-order valence-corrected chi connectivity index (χ0v) is 19.1. The van der Waals surface area contributed by atoms with E-state index >= 15 is 0 Å². The summed E-state index contributed by atoms with van der Waals surface area (Å²) in [4.78, 5) is 25.2. The number of nitrogens with zero attached hydrogens (tertiary/aromatic N) is 1. The Hall–Kier alpha value is -2.23. The summed E-state index contributed by atoms with van der Waals surface area (Å²) < 4.78 is 31.2. The lowest BCUT2D eigenvalue weighted by atomic mass is 10.1. The van der Waals surface area contributed by atoms with Crippen LogP contribution in [0.15, 0.2) is 46.7 Å². The summed E-state index contributed by atoms with van der Waals surface area (Å²) in [5, 5.41) is 4.78. The van der Waals surface area contributed by atoms with Crippen molar-refractivity contribution in [1.82, 2.24) is 9.62 Å². The SMILES string of the molecule is CCN(CC)S(=O)(=O)c1ccc(CCC(=O)NC(CC(=O)OC)c2cccs2)cc1. The molecular weight excluding hydrogens is 424 g/mol. The van der Waals surface area contributed by atoms with E-state index in [4.69, 9.17) is 4.74 Å². The smallest absolute Gasteiger partial charge is 0.307 e. The summed E-state index contributed by atoms with van der Waals surface area (Å²) in [5.74, 6) is -0.573. The second-order valence-corrected chi connectivity index (χ2v) is 9.57. The molecule has 1 heterocycles. The van der Waals surface area contributed by atoms with E-state index in [1.165, 1.54) is 22.8 Å². The average molecular weight is 453 g/mol. The molecule has 1 aromatic carbocycles. The van der Waals surface area contributed by atoms with E-state index < -0.39 is 22.0 Å². The van der Waals surface area contributed by atoms with Crippen LogP contribution in [0.1, 0.15) is 43.2 Å². The van der Waals surface area contributed by atoms with E-state index in [-0.39, 0.29) is 23.6 Å². The number of rotatable bonds is 11. The van der Waals surface area contributed by atoms with Crippen LogP contribution in [0.2, 0.25) is 0 Å². The van der Waals surface area contributed by atoms with Gasteiger partial charge in [-0.15, -0.1) is 11.3 Å². The first kappa shape index (κ1) is 24.0. The number of hydrogen-bond donors (Lipinski definition) is 1. The maximum atomic E-state index is 12.5. The number of aryl methyl sites for hydroxylation is 1. The van der Waals surface area contributed by atoms with Gasteiger partial charge in [0.25, 0.3) is 0 Å². The number of thiophene rings is 1. The Kier molecular flexibility index (Phi) is 9.01. The number of sulfonamides is 1. The van der Waals surface area contributed by atoms with Crippen molar-refractivity contribution in [3.8, 4) is 0 Å². The number of carbonyl (C=O) groups excluding carboxylic acids is 2. The molecule has 2 rings (SSSR count). The van der Waals surface area contributed by atoms with Gasteiger partial charge >= 0.3 is 5.97 Å². The third kappa shape index (κ3) is 6.38. The van der Waals surface area contributed by atoms with Crippen molar-refractivity contribution >= 4 is 33.2 Å². The maximum Gasteiger partial charge on any atom is 0.307 e. The van der Waals surface area contributed by atoms with Crippen LogP contribution >= 0.6 is 11.3 Å². The van der Waals surface area contributed by atoms with E-state index in [2.05, 4.69) is 5.32 Å². The first-order valence-corrected chi connectivity index (χ1v) is 12.1. The summed E-state index contributed by atoms with van der Waals surface area (Å²) in [7, 11) is -2.17. The molecule has 0 bridgehead atoms. The zero-order chi connectivity index (χ0) is 22.1. The summed E-state index contributed by atoms with van der Waals surface area (Å²) in [6, 6.07) is 9.92. The third-order valence-electron chi connectivity index (χ3n) is 4.73. The lowest BCUT2D eigenvalue weighted by Gasteiger charge is -2.18. The number of hydrogen-bond acceptors (Lipinski definition) is 6. The summed E-state index contributed by atoms with van der Waals surface area (Å²) >= 11 is 1.47. The molecule has 1 atom stereocenters. The minimum Gasteiger partial charge on any atom is -0.469 e. The van der Waals surface area contributed by atoms with Gasteiger partial charge < -0.3 is 10.1 Å². The number of methoxy groups -OCH3 is 1. The van der Waals surface area contributed by atoms with E-state index in [9.17, 15) is 18.0 Å². The second-order valence-electron chi connectivity index (χ2n) is 6.65. The minimum absolute atomic E-state index is 0.0701. The standard InChI is InChI=1S/C21H28N2O5S2/c1-4-23(5-2)30(26,27)17-11-8-16(9-12-17)10-13-20(24)22-18(15-21(25)28-3)19-7-6-14-29-19/h6-9,11-12,14,18H,4-5,10,13,15H2,1-3H3,(H,22,24). The molecule has 164 valence electrons. The zero-order valence-electron chi connectivity index (χ0n) is 17.5. The van der Waals surface area contributed by atoms with Crippen LogP contribution in [0, 0.1) is 0 Å². The fraction of sp³-hybridized carbons (Fsp3) is 0.429. The molecule has 1 N–H and O–H groups in total. The van der Waals surface area contributed by atoms with Gasteiger partial charge in [-0.3, -0.25) is 9.59 Å². The second kappa shape index (κ2) is 11.2. The Balaban J connectivity index is 1.97. The van der Waals surface area contributed by atoms with Crippen LogP contribution in [0.5, 0.6) is 0 Å². The molecule has 0 fully saturated rings. The lowest BCUT2D eigenvalue weighted by molar-refractivity contribution is -0.141. The Morgan fingerprint density at radius 1 is 1.13 bits per heavy atom. The van der Waals surface area contributed by atoms with Crippen molar-refractivity contribution in [1.29, 1.82) is 0 Å². The van der Waals surface area contributed by atoms with Crippen molar-refractivity contribution in [2.75, 3.05) is 20.2 Å². The number of ether oxygens (including phenoxy) is 1. The van der Waals surface area contributed by atoms with Gasteiger partial charge in [0.2, 0.25) is 15.9 Å². The molecular formula is C21H28N2O5S2. The van der Waals surface area contributed by atoms with Gasteiger partial charge in [-0.25, -0.2) is 8.42 Å². The Bertz CT molecular complexity index is 921. The number of esters is 1. The molecule has 9 heteroatoms. The molecule has 1 unspecified atom stereocenters. The van der Waals surface area contributed by atoms with Crippen LogP contribution in [-0.2, 0) is 30.8 Å². The highest BCUT2D eigenvalue weighted by atomic mass is 32.2. The molecule has 0 spiro atoms. The van der Waals surface area contributed by atoms with Crippen LogP contribution in [0.4, 0.5) is 0 Å². The predicted octanol–water partition coefficient (Wildman–Crippen LogP) is 3.13. The van der Waals surface area contributed by atoms with Crippen molar-refractivity contribution in [3.05, 3.63) is 52.2 Å². The Labute approximate surface area is 182 Å². The van der Waals surface area contributed by atoms with Crippen molar-refractivity contribution in [3.63, 3.8) is 0 Å². The fourth-order valence-corrected chi connectivity index (χ4v) is 5.26. The molecule has 0 aliphatic rings. The van der Waals surface area contributed by atoms with Gasteiger partial charge in [0.1, 0.15) is 0 Å². The molecule has 0 aliphatic heterocycles. The van der Waals surface area contributed by atoms with Crippen LogP contribution in [0.25, 0.3) is 0 Å². The predicted molar refractivity (Wildman–Crippen MR) is 117 cm³/mol. The van der Waals surface area contributed by atoms with Gasteiger partial charge in [-0.2, -0.15) is 4.31 Å². The highest BCUT2D eigenvalue weighted by Crippen LogP contribution is 2.23. The van der Waals surface area contributed by atoms with E-state index in [1.807, 2.05) is 17.5 Å². The van der Waals surface area contributed by atoms with Gasteiger partial charge in [0, 0.05) is 24.4 Å². The largest absolute Gasteiger partial charge is 0.469 e. The molecule has 7 nitrogen and oxygen atoms in total. The molecule has 0 radical (unpaired) electrons. The summed E-state index contributed by atoms with van der Waals surface area (Å²) in [6.45, 7) is 4.44. The molecule has 0 saturated heterocycles. The first-order chi connectivity index (χ1) is 14.3. The topological polar surface area (TPSA) is 92.8 Å². The molecule has 1 aromatic heterocycles. The molecule has 0 saturated carbocycles. The van der Waals surface area contributed by atoms with Crippen LogP contribution < -0.4 is 5.32 Å². The highest BCUT2D eigenvalue weighted by Gasteiger charge is 2.22. The van der Waals surface area contributed by atoms with E-state index in [0.717, 1.165) is 10.4 Å². The quantitative estimate of drug-likeness (QED) is 0.529. The van der Waals surface area contributed by atoms with E-state index in [0.29, 0.717) is 19.5 Å². The van der Waals surface area contributed by atoms with Crippen molar-refractivity contribution in [2.24, 2.45) is 0 Å². The molecule has 30 heavy (non-hydrogen) atoms. The highest BCUT2D eigenvalue weighted by molar-refractivity contribution is 7.89. The normalized spacial score (nSPS) is 12.5. The van der Waals surface area contributed by atoms with Crippen LogP contribution in [0.3, 0.4) is 0 Å². The van der Waals surface area contributed by atoms with Gasteiger partial charge in [-0.05, 0) is 35.6 Å². The van der Waals surface area contributed by atoms with Gasteiger partial charge in [0.05, 0.1) is 24.5 Å². The number of benzene rings is 1. The number of amides is 1. The minimum atomic E-state index is -3.49. The van der Waals surface area contributed by atoms with Crippen molar-refractivity contribution in [2.45, 2.75) is 44.0 Å².